The molecule has 0 aromatic heterocycles. The van der Waals surface area contributed by atoms with Gasteiger partial charge in [0, 0.05) is 6.04 Å². The first-order valence-electron chi connectivity index (χ1n) is 6.81. The van der Waals surface area contributed by atoms with Gasteiger partial charge < -0.3 is 5.32 Å². The quantitative estimate of drug-likeness (QED) is 0.823. The van der Waals surface area contributed by atoms with E-state index in [1.54, 1.807) is 0 Å². The topological polar surface area (TPSA) is 58.2 Å². The van der Waals surface area contributed by atoms with Crippen molar-refractivity contribution in [1.29, 1.82) is 0 Å². The van der Waals surface area contributed by atoms with Crippen molar-refractivity contribution in [3.8, 4) is 0 Å². The van der Waals surface area contributed by atoms with Crippen LogP contribution in [0.3, 0.4) is 0 Å². The molecule has 0 aliphatic carbocycles. The summed E-state index contributed by atoms with van der Waals surface area (Å²) in [5.41, 5.74) is 1.06. The number of rotatable bonds is 6. The van der Waals surface area contributed by atoms with E-state index in [0.29, 0.717) is 12.3 Å². The van der Waals surface area contributed by atoms with Crippen LogP contribution in [0.25, 0.3) is 0 Å². The van der Waals surface area contributed by atoms with Crippen LogP contribution in [0.4, 0.5) is 0 Å². The summed E-state index contributed by atoms with van der Waals surface area (Å²) in [6, 6.07) is 9.73. The molecule has 1 aliphatic rings. The Bertz CT molecular complexity index is 481. The van der Waals surface area contributed by atoms with Crippen LogP contribution in [-0.2, 0) is 16.4 Å². The Balaban J connectivity index is 1.84. The molecule has 0 amide bonds. The molecule has 1 fully saturated rings. The monoisotopic (exact) mass is 282 g/mol. The van der Waals surface area contributed by atoms with Crippen LogP contribution in [-0.4, -0.2) is 33.3 Å². The summed E-state index contributed by atoms with van der Waals surface area (Å²) in [7, 11) is -3.19. The van der Waals surface area contributed by atoms with E-state index in [1.807, 2.05) is 37.3 Å². The minimum Gasteiger partial charge on any atom is -0.316 e. The third kappa shape index (κ3) is 4.60. The van der Waals surface area contributed by atoms with E-state index in [0.717, 1.165) is 25.1 Å². The molecule has 5 heteroatoms. The molecular weight excluding hydrogens is 260 g/mol. The summed E-state index contributed by atoms with van der Waals surface area (Å²) in [6.45, 7) is 3.85. The molecule has 2 rings (SSSR count). The Hall–Kier alpha value is -0.910. The predicted octanol–water partition coefficient (Wildman–Crippen LogP) is 1.15. The van der Waals surface area contributed by atoms with Gasteiger partial charge >= 0.3 is 0 Å². The van der Waals surface area contributed by atoms with Crippen LogP contribution in [0.5, 0.6) is 0 Å². The summed E-state index contributed by atoms with van der Waals surface area (Å²) < 4.78 is 26.9. The summed E-state index contributed by atoms with van der Waals surface area (Å²) in [4.78, 5) is 0. The third-order valence-electron chi connectivity index (χ3n) is 3.67. The van der Waals surface area contributed by atoms with Crippen molar-refractivity contribution in [2.75, 3.05) is 18.8 Å². The summed E-state index contributed by atoms with van der Waals surface area (Å²) in [5.74, 6) is 0.563. The van der Waals surface area contributed by atoms with E-state index in [2.05, 4.69) is 10.0 Å². The van der Waals surface area contributed by atoms with Gasteiger partial charge in [-0.25, -0.2) is 13.1 Å². The van der Waals surface area contributed by atoms with Crippen molar-refractivity contribution in [3.05, 3.63) is 35.9 Å². The Morgan fingerprint density at radius 3 is 2.74 bits per heavy atom. The van der Waals surface area contributed by atoms with E-state index in [-0.39, 0.29) is 11.8 Å². The SMILES string of the molecule is CC(NS(=O)(=O)CCc1ccccc1)C1CCNC1. The van der Waals surface area contributed by atoms with E-state index >= 15 is 0 Å². The molecule has 0 radical (unpaired) electrons. The van der Waals surface area contributed by atoms with Crippen LogP contribution in [0.1, 0.15) is 18.9 Å². The molecule has 2 atom stereocenters. The number of hydrogen-bond acceptors (Lipinski definition) is 3. The lowest BCUT2D eigenvalue weighted by Crippen LogP contribution is -2.40. The second-order valence-electron chi connectivity index (χ2n) is 5.21. The van der Waals surface area contributed by atoms with Crippen molar-refractivity contribution < 1.29 is 8.42 Å². The van der Waals surface area contributed by atoms with Gasteiger partial charge in [-0.2, -0.15) is 0 Å². The average molecular weight is 282 g/mol. The molecule has 1 aromatic carbocycles. The van der Waals surface area contributed by atoms with Gasteiger partial charge in [0.05, 0.1) is 5.75 Å². The standard InChI is InChI=1S/C14H22N2O2S/c1-12(14-7-9-15-11-14)16-19(17,18)10-8-13-5-3-2-4-6-13/h2-6,12,14-16H,7-11H2,1H3. The summed E-state index contributed by atoms with van der Waals surface area (Å²) in [6.07, 6.45) is 1.61. The number of hydrogen-bond donors (Lipinski definition) is 2. The van der Waals surface area contributed by atoms with Crippen molar-refractivity contribution >= 4 is 10.0 Å². The van der Waals surface area contributed by atoms with Gasteiger partial charge in [0.1, 0.15) is 0 Å². The van der Waals surface area contributed by atoms with E-state index < -0.39 is 10.0 Å². The van der Waals surface area contributed by atoms with Gasteiger partial charge in [0.15, 0.2) is 0 Å². The zero-order valence-corrected chi connectivity index (χ0v) is 12.1. The number of benzene rings is 1. The fourth-order valence-electron chi connectivity index (χ4n) is 2.44. The first kappa shape index (κ1) is 14.5. The average Bonchev–Trinajstić information content (AvgIpc) is 2.91. The zero-order chi connectivity index (χ0) is 13.7. The second kappa shape index (κ2) is 6.50. The highest BCUT2D eigenvalue weighted by atomic mass is 32.2. The molecule has 19 heavy (non-hydrogen) atoms. The molecule has 4 nitrogen and oxygen atoms in total. The van der Waals surface area contributed by atoms with E-state index in [9.17, 15) is 8.42 Å². The number of nitrogens with one attached hydrogen (secondary N) is 2. The van der Waals surface area contributed by atoms with Gasteiger partial charge in [0.25, 0.3) is 0 Å². The van der Waals surface area contributed by atoms with Gasteiger partial charge in [-0.1, -0.05) is 30.3 Å². The highest BCUT2D eigenvalue weighted by Crippen LogP contribution is 2.13. The van der Waals surface area contributed by atoms with Crippen LogP contribution < -0.4 is 10.0 Å². The molecule has 0 bridgehead atoms. The third-order valence-corrected chi connectivity index (χ3v) is 5.15. The lowest BCUT2D eigenvalue weighted by molar-refractivity contribution is 0.444. The van der Waals surface area contributed by atoms with Crippen molar-refractivity contribution in [2.45, 2.75) is 25.8 Å². The Labute approximate surface area is 115 Å². The number of sulfonamides is 1. The normalized spacial score (nSPS) is 21.4. The highest BCUT2D eigenvalue weighted by Gasteiger charge is 2.24. The lowest BCUT2D eigenvalue weighted by Gasteiger charge is -2.19. The largest absolute Gasteiger partial charge is 0.316 e. The molecule has 1 heterocycles. The maximum absolute atomic E-state index is 12.0. The maximum atomic E-state index is 12.0. The fraction of sp³-hybridized carbons (Fsp3) is 0.571. The van der Waals surface area contributed by atoms with Gasteiger partial charge in [-0.05, 0) is 44.3 Å². The van der Waals surface area contributed by atoms with Crippen molar-refractivity contribution in [2.24, 2.45) is 5.92 Å². The molecule has 0 saturated carbocycles. The first-order valence-corrected chi connectivity index (χ1v) is 8.47. The molecule has 1 aliphatic heterocycles. The predicted molar refractivity (Wildman–Crippen MR) is 77.5 cm³/mol. The van der Waals surface area contributed by atoms with Gasteiger partial charge in [0.2, 0.25) is 10.0 Å². The van der Waals surface area contributed by atoms with Crippen molar-refractivity contribution in [1.82, 2.24) is 10.0 Å². The Morgan fingerprint density at radius 1 is 1.37 bits per heavy atom. The molecule has 1 aromatic rings. The van der Waals surface area contributed by atoms with Crippen LogP contribution >= 0.6 is 0 Å². The molecule has 1 saturated heterocycles. The minimum atomic E-state index is -3.19. The van der Waals surface area contributed by atoms with Crippen LogP contribution in [0.15, 0.2) is 30.3 Å². The molecule has 2 unspecified atom stereocenters. The lowest BCUT2D eigenvalue weighted by atomic mass is 10.0. The molecular formula is C14H22N2O2S. The first-order chi connectivity index (χ1) is 9.07. The number of aryl methyl sites for hydroxylation is 1. The zero-order valence-electron chi connectivity index (χ0n) is 11.3. The van der Waals surface area contributed by atoms with E-state index in [1.165, 1.54) is 0 Å². The molecule has 2 N–H and O–H groups in total. The van der Waals surface area contributed by atoms with Gasteiger partial charge in [-0.15, -0.1) is 0 Å². The fourth-order valence-corrected chi connectivity index (χ4v) is 3.82. The Morgan fingerprint density at radius 2 is 2.11 bits per heavy atom. The second-order valence-corrected chi connectivity index (χ2v) is 7.09. The van der Waals surface area contributed by atoms with Crippen LogP contribution in [0, 0.1) is 5.92 Å². The minimum absolute atomic E-state index is 0.00998. The smallest absolute Gasteiger partial charge is 0.212 e. The van der Waals surface area contributed by atoms with Gasteiger partial charge in [-0.3, -0.25) is 0 Å². The maximum Gasteiger partial charge on any atom is 0.212 e. The molecule has 106 valence electrons. The summed E-state index contributed by atoms with van der Waals surface area (Å²) >= 11 is 0. The van der Waals surface area contributed by atoms with E-state index in [4.69, 9.17) is 0 Å². The summed E-state index contributed by atoms with van der Waals surface area (Å²) in [5, 5.41) is 3.26. The highest BCUT2D eigenvalue weighted by molar-refractivity contribution is 7.89. The molecule has 0 spiro atoms. The van der Waals surface area contributed by atoms with Crippen molar-refractivity contribution in [3.63, 3.8) is 0 Å². The Kier molecular flexibility index (Phi) is 4.96. The van der Waals surface area contributed by atoms with Crippen LogP contribution in [0.2, 0.25) is 0 Å².